The molecule has 3 N–H and O–H groups in total. The van der Waals surface area contributed by atoms with Crippen LogP contribution < -0.4 is 11.1 Å². The van der Waals surface area contributed by atoms with E-state index in [1.165, 1.54) is 4.88 Å². The van der Waals surface area contributed by atoms with Crippen molar-refractivity contribution < 1.29 is 4.74 Å². The van der Waals surface area contributed by atoms with E-state index < -0.39 is 0 Å². The van der Waals surface area contributed by atoms with Crippen LogP contribution in [0.2, 0.25) is 0 Å². The third kappa shape index (κ3) is 5.30. The minimum Gasteiger partial charge on any atom is -0.379 e. The lowest BCUT2D eigenvalue weighted by Crippen LogP contribution is -2.45. The predicted molar refractivity (Wildman–Crippen MR) is 88.8 cm³/mol. The number of morpholine rings is 1. The number of nitrogens with one attached hydrogen (secondary N) is 1. The monoisotopic (exact) mass is 310 g/mol. The van der Waals surface area contributed by atoms with Crippen LogP contribution in [0.25, 0.3) is 0 Å². The van der Waals surface area contributed by atoms with Crippen molar-refractivity contribution in [3.8, 4) is 0 Å². The minimum atomic E-state index is -0.0645. The first-order chi connectivity index (χ1) is 9.96. The first-order valence-electron chi connectivity index (χ1n) is 7.39. The Labute approximate surface area is 131 Å². The second kappa shape index (κ2) is 7.24. The number of aliphatic imine (C=N–C) groups is 1. The zero-order valence-corrected chi connectivity index (χ0v) is 13.9. The van der Waals surface area contributed by atoms with Crippen LogP contribution in [0.3, 0.4) is 0 Å². The molecule has 0 saturated carbocycles. The van der Waals surface area contributed by atoms with E-state index in [-0.39, 0.29) is 11.6 Å². The molecule has 0 bridgehead atoms. The smallest absolute Gasteiger partial charge is 0.189 e. The van der Waals surface area contributed by atoms with Gasteiger partial charge >= 0.3 is 0 Å². The van der Waals surface area contributed by atoms with Crippen molar-refractivity contribution in [2.75, 3.05) is 32.8 Å². The fourth-order valence-corrected chi connectivity index (χ4v) is 3.22. The first kappa shape index (κ1) is 16.3. The quantitative estimate of drug-likeness (QED) is 0.658. The molecular weight excluding hydrogens is 284 g/mol. The van der Waals surface area contributed by atoms with E-state index in [4.69, 9.17) is 10.5 Å². The van der Waals surface area contributed by atoms with Crippen molar-refractivity contribution in [1.82, 2.24) is 10.2 Å². The van der Waals surface area contributed by atoms with E-state index in [1.807, 2.05) is 0 Å². The molecule has 0 amide bonds. The third-order valence-corrected chi connectivity index (χ3v) is 4.27. The Hall–Kier alpha value is -1.11. The summed E-state index contributed by atoms with van der Waals surface area (Å²) in [5.41, 5.74) is 5.93. The molecule has 6 heteroatoms. The fraction of sp³-hybridized carbons (Fsp3) is 0.667. The maximum absolute atomic E-state index is 5.99. The summed E-state index contributed by atoms with van der Waals surface area (Å²) in [7, 11) is 0. The van der Waals surface area contributed by atoms with E-state index in [2.05, 4.69) is 53.5 Å². The highest BCUT2D eigenvalue weighted by molar-refractivity contribution is 7.10. The van der Waals surface area contributed by atoms with E-state index in [9.17, 15) is 0 Å². The van der Waals surface area contributed by atoms with Gasteiger partial charge in [-0.1, -0.05) is 6.07 Å². The Bertz CT molecular complexity index is 447. The lowest BCUT2D eigenvalue weighted by Gasteiger charge is -2.33. The van der Waals surface area contributed by atoms with Gasteiger partial charge in [-0.25, -0.2) is 0 Å². The van der Waals surface area contributed by atoms with Gasteiger partial charge in [0, 0.05) is 23.5 Å². The molecule has 1 saturated heterocycles. The number of ether oxygens (including phenoxy) is 1. The molecular formula is C15H26N4OS. The van der Waals surface area contributed by atoms with Crippen molar-refractivity contribution in [3.63, 3.8) is 0 Å². The second-order valence-corrected chi connectivity index (χ2v) is 7.26. The SMILES string of the molecule is CC(C)(C)NC(N)=NCC(c1cccs1)N1CCOCC1. The Morgan fingerprint density at radius 2 is 2.19 bits per heavy atom. The van der Waals surface area contributed by atoms with Crippen molar-refractivity contribution in [1.29, 1.82) is 0 Å². The Balaban J connectivity index is 2.04. The van der Waals surface area contributed by atoms with Gasteiger partial charge in [0.25, 0.3) is 0 Å². The summed E-state index contributed by atoms with van der Waals surface area (Å²) in [5, 5.41) is 5.32. The van der Waals surface area contributed by atoms with Gasteiger partial charge in [-0.3, -0.25) is 9.89 Å². The molecule has 118 valence electrons. The molecule has 1 atom stereocenters. The standard InChI is InChI=1S/C15H26N4OS/c1-15(2,3)18-14(16)17-11-12(13-5-4-10-21-13)19-6-8-20-9-7-19/h4-5,10,12H,6-9,11H2,1-3H3,(H3,16,17,18). The van der Waals surface area contributed by atoms with E-state index in [1.54, 1.807) is 11.3 Å². The lowest BCUT2D eigenvalue weighted by molar-refractivity contribution is 0.0186. The van der Waals surface area contributed by atoms with Crippen molar-refractivity contribution in [3.05, 3.63) is 22.4 Å². The topological polar surface area (TPSA) is 62.9 Å². The van der Waals surface area contributed by atoms with E-state index in [0.29, 0.717) is 12.5 Å². The molecule has 0 radical (unpaired) electrons. The van der Waals surface area contributed by atoms with Gasteiger partial charge in [0.05, 0.1) is 25.8 Å². The Morgan fingerprint density at radius 1 is 1.48 bits per heavy atom. The summed E-state index contributed by atoms with van der Waals surface area (Å²) in [5.74, 6) is 0.511. The van der Waals surface area contributed by atoms with Crippen LogP contribution in [0.5, 0.6) is 0 Å². The summed E-state index contributed by atoms with van der Waals surface area (Å²) >= 11 is 1.78. The van der Waals surface area contributed by atoms with Crippen molar-refractivity contribution in [2.24, 2.45) is 10.7 Å². The van der Waals surface area contributed by atoms with Crippen LogP contribution in [0.15, 0.2) is 22.5 Å². The lowest BCUT2D eigenvalue weighted by atomic mass is 10.1. The van der Waals surface area contributed by atoms with E-state index in [0.717, 1.165) is 26.3 Å². The summed E-state index contributed by atoms with van der Waals surface area (Å²) in [4.78, 5) is 8.32. The van der Waals surface area contributed by atoms with Crippen LogP contribution in [-0.4, -0.2) is 49.2 Å². The number of guanidine groups is 1. The van der Waals surface area contributed by atoms with Gasteiger partial charge in [-0.05, 0) is 32.2 Å². The zero-order valence-electron chi connectivity index (χ0n) is 13.1. The molecule has 0 spiro atoms. The predicted octanol–water partition coefficient (Wildman–Crippen LogP) is 1.82. The molecule has 21 heavy (non-hydrogen) atoms. The largest absolute Gasteiger partial charge is 0.379 e. The Morgan fingerprint density at radius 3 is 2.76 bits per heavy atom. The highest BCUT2D eigenvalue weighted by Crippen LogP contribution is 2.26. The molecule has 0 aliphatic carbocycles. The number of thiophene rings is 1. The van der Waals surface area contributed by atoms with Crippen LogP contribution in [-0.2, 0) is 4.74 Å². The number of hydrogen-bond donors (Lipinski definition) is 2. The van der Waals surface area contributed by atoms with Crippen molar-refractivity contribution >= 4 is 17.3 Å². The van der Waals surface area contributed by atoms with Crippen LogP contribution in [0, 0.1) is 0 Å². The van der Waals surface area contributed by atoms with Gasteiger partial charge in [-0.15, -0.1) is 11.3 Å². The first-order valence-corrected chi connectivity index (χ1v) is 8.27. The average molecular weight is 310 g/mol. The molecule has 2 heterocycles. The van der Waals surface area contributed by atoms with Gasteiger partial charge in [0.15, 0.2) is 5.96 Å². The Kier molecular flexibility index (Phi) is 5.61. The van der Waals surface area contributed by atoms with Crippen molar-refractivity contribution in [2.45, 2.75) is 32.4 Å². The normalized spacial score (nSPS) is 19.5. The highest BCUT2D eigenvalue weighted by atomic mass is 32.1. The molecule has 1 fully saturated rings. The second-order valence-electron chi connectivity index (χ2n) is 6.28. The summed E-state index contributed by atoms with van der Waals surface area (Å²) in [6, 6.07) is 4.55. The van der Waals surface area contributed by atoms with Crippen LogP contribution in [0.4, 0.5) is 0 Å². The molecule has 1 aliphatic heterocycles. The number of hydrogen-bond acceptors (Lipinski definition) is 4. The average Bonchev–Trinajstić information content (AvgIpc) is 2.92. The molecule has 0 aromatic carbocycles. The number of nitrogens with zero attached hydrogens (tertiary/aromatic N) is 2. The molecule has 1 aliphatic rings. The number of nitrogens with two attached hydrogens (primary N) is 1. The summed E-state index contributed by atoms with van der Waals surface area (Å²) in [6.07, 6.45) is 0. The fourth-order valence-electron chi connectivity index (χ4n) is 2.36. The van der Waals surface area contributed by atoms with Gasteiger partial charge in [-0.2, -0.15) is 0 Å². The molecule has 1 aromatic rings. The maximum Gasteiger partial charge on any atom is 0.189 e. The van der Waals surface area contributed by atoms with Crippen LogP contribution in [0.1, 0.15) is 31.7 Å². The van der Waals surface area contributed by atoms with Crippen LogP contribution >= 0.6 is 11.3 Å². The molecule has 5 nitrogen and oxygen atoms in total. The van der Waals surface area contributed by atoms with Gasteiger partial charge in [0.1, 0.15) is 0 Å². The molecule has 2 rings (SSSR count). The zero-order chi connectivity index (χ0) is 15.3. The highest BCUT2D eigenvalue weighted by Gasteiger charge is 2.23. The summed E-state index contributed by atoms with van der Waals surface area (Å²) in [6.45, 7) is 10.4. The number of rotatable bonds is 4. The molecule has 1 aromatic heterocycles. The van der Waals surface area contributed by atoms with E-state index >= 15 is 0 Å². The maximum atomic E-state index is 5.99. The third-order valence-electron chi connectivity index (χ3n) is 3.30. The van der Waals surface area contributed by atoms with Gasteiger partial charge in [0.2, 0.25) is 0 Å². The van der Waals surface area contributed by atoms with Gasteiger partial charge < -0.3 is 15.8 Å². The molecule has 1 unspecified atom stereocenters. The minimum absolute atomic E-state index is 0.0645. The summed E-state index contributed by atoms with van der Waals surface area (Å²) < 4.78 is 5.45.